The van der Waals surface area contributed by atoms with Crippen molar-refractivity contribution in [2.24, 2.45) is 5.73 Å². The van der Waals surface area contributed by atoms with Gasteiger partial charge in [0.1, 0.15) is 0 Å². The molecule has 1 rings (SSSR count). The van der Waals surface area contributed by atoms with Gasteiger partial charge in [0.25, 0.3) is 0 Å². The number of benzene rings is 1. The lowest BCUT2D eigenvalue weighted by atomic mass is 10.1. The van der Waals surface area contributed by atoms with Crippen LogP contribution in [0.5, 0.6) is 0 Å². The van der Waals surface area contributed by atoms with E-state index in [9.17, 15) is 0 Å². The summed E-state index contributed by atoms with van der Waals surface area (Å²) >= 11 is 3.63. The third-order valence-corrected chi connectivity index (χ3v) is 3.41. The molecule has 0 radical (unpaired) electrons. The molecule has 3 heteroatoms. The molecule has 2 nitrogen and oxygen atoms in total. The van der Waals surface area contributed by atoms with Crippen LogP contribution in [-0.2, 0) is 0 Å². The molecule has 1 aromatic rings. The number of nitrogens with zero attached hydrogens (tertiary/aromatic N) is 1. The summed E-state index contributed by atoms with van der Waals surface area (Å²) in [5.74, 6) is 0. The molecule has 0 aliphatic carbocycles. The Morgan fingerprint density at radius 1 is 1.31 bits per heavy atom. The molecule has 0 aromatic heterocycles. The smallest absolute Gasteiger partial charge is 0.0513 e. The second-order valence-corrected chi connectivity index (χ2v) is 5.23. The molecule has 16 heavy (non-hydrogen) atoms. The van der Waals surface area contributed by atoms with Crippen molar-refractivity contribution in [1.82, 2.24) is 0 Å². The van der Waals surface area contributed by atoms with Crippen LogP contribution in [0.1, 0.15) is 39.3 Å². The first-order valence-electron chi connectivity index (χ1n) is 5.79. The van der Waals surface area contributed by atoms with E-state index >= 15 is 0 Å². The fourth-order valence-electron chi connectivity index (χ4n) is 1.85. The average molecular weight is 285 g/mol. The number of halogens is 1. The second kappa shape index (κ2) is 5.69. The molecule has 0 spiro atoms. The Balaban J connectivity index is 3.06. The van der Waals surface area contributed by atoms with Crippen molar-refractivity contribution < 1.29 is 0 Å². The molecule has 0 heterocycles. The fourth-order valence-corrected chi connectivity index (χ4v) is 2.48. The van der Waals surface area contributed by atoms with Crippen molar-refractivity contribution in [1.29, 1.82) is 0 Å². The topological polar surface area (TPSA) is 29.3 Å². The first-order chi connectivity index (χ1) is 7.47. The van der Waals surface area contributed by atoms with E-state index < -0.39 is 0 Å². The van der Waals surface area contributed by atoms with Crippen LogP contribution in [0.3, 0.4) is 0 Å². The molecule has 1 aromatic carbocycles. The normalized spacial score (nSPS) is 12.9. The van der Waals surface area contributed by atoms with E-state index in [0.717, 1.165) is 16.6 Å². The van der Waals surface area contributed by atoms with Gasteiger partial charge in [-0.25, -0.2) is 0 Å². The molecule has 1 atom stereocenters. The molecule has 0 aliphatic rings. The van der Waals surface area contributed by atoms with Crippen LogP contribution in [0.15, 0.2) is 22.7 Å². The molecule has 0 bridgehead atoms. The van der Waals surface area contributed by atoms with E-state index in [-0.39, 0.29) is 6.04 Å². The first-order valence-corrected chi connectivity index (χ1v) is 6.58. The zero-order valence-electron chi connectivity index (χ0n) is 10.5. The van der Waals surface area contributed by atoms with Gasteiger partial charge in [-0.1, -0.05) is 6.07 Å². The van der Waals surface area contributed by atoms with E-state index in [0.29, 0.717) is 6.04 Å². The summed E-state index contributed by atoms with van der Waals surface area (Å²) in [5.41, 5.74) is 8.27. The van der Waals surface area contributed by atoms with Crippen LogP contribution >= 0.6 is 15.9 Å². The van der Waals surface area contributed by atoms with Crippen molar-refractivity contribution in [2.45, 2.75) is 39.8 Å². The van der Waals surface area contributed by atoms with E-state index in [1.165, 1.54) is 5.69 Å². The van der Waals surface area contributed by atoms with Gasteiger partial charge in [-0.05, 0) is 61.3 Å². The Hall–Kier alpha value is -0.540. The monoisotopic (exact) mass is 284 g/mol. The van der Waals surface area contributed by atoms with E-state index in [1.54, 1.807) is 0 Å². The summed E-state index contributed by atoms with van der Waals surface area (Å²) in [6, 6.07) is 6.95. The van der Waals surface area contributed by atoms with Crippen LogP contribution < -0.4 is 10.6 Å². The molecule has 0 saturated carbocycles. The lowest BCUT2D eigenvalue weighted by molar-refractivity contribution is 0.701. The van der Waals surface area contributed by atoms with Gasteiger partial charge in [0.05, 0.1) is 5.69 Å². The van der Waals surface area contributed by atoms with Crippen molar-refractivity contribution >= 4 is 21.6 Å². The summed E-state index contributed by atoms with van der Waals surface area (Å²) in [6.07, 6.45) is 0. The second-order valence-electron chi connectivity index (χ2n) is 4.38. The summed E-state index contributed by atoms with van der Waals surface area (Å²) in [7, 11) is 0. The van der Waals surface area contributed by atoms with Gasteiger partial charge in [-0.2, -0.15) is 0 Å². The van der Waals surface area contributed by atoms with E-state index in [2.05, 4.69) is 59.8 Å². The van der Waals surface area contributed by atoms with Gasteiger partial charge in [0.2, 0.25) is 0 Å². The Morgan fingerprint density at radius 2 is 1.94 bits per heavy atom. The first kappa shape index (κ1) is 13.5. The number of hydrogen-bond donors (Lipinski definition) is 1. The lowest BCUT2D eigenvalue weighted by Crippen LogP contribution is -2.30. The summed E-state index contributed by atoms with van der Waals surface area (Å²) in [5, 5.41) is 0. The van der Waals surface area contributed by atoms with Crippen molar-refractivity contribution in [2.75, 3.05) is 11.4 Å². The maximum Gasteiger partial charge on any atom is 0.0513 e. The number of hydrogen-bond acceptors (Lipinski definition) is 2. The summed E-state index contributed by atoms with van der Waals surface area (Å²) in [6.45, 7) is 9.59. The standard InChI is InChI=1S/C13H21BrN2/c1-5-16(9(2)3)13-7-6-11(10(4)15)8-12(13)14/h6-10H,5,15H2,1-4H3/t10-/m1/s1. The largest absolute Gasteiger partial charge is 0.368 e. The quantitative estimate of drug-likeness (QED) is 0.914. The zero-order chi connectivity index (χ0) is 12.3. The fraction of sp³-hybridized carbons (Fsp3) is 0.538. The van der Waals surface area contributed by atoms with Crippen LogP contribution in [0.4, 0.5) is 5.69 Å². The van der Waals surface area contributed by atoms with E-state index in [1.807, 2.05) is 6.92 Å². The molecule has 0 amide bonds. The van der Waals surface area contributed by atoms with Gasteiger partial charge < -0.3 is 10.6 Å². The predicted molar refractivity (Wildman–Crippen MR) is 74.9 cm³/mol. The third-order valence-electron chi connectivity index (χ3n) is 2.77. The molecule has 0 saturated heterocycles. The lowest BCUT2D eigenvalue weighted by Gasteiger charge is -2.29. The highest BCUT2D eigenvalue weighted by Crippen LogP contribution is 2.30. The van der Waals surface area contributed by atoms with Crippen molar-refractivity contribution in [3.63, 3.8) is 0 Å². The highest BCUT2D eigenvalue weighted by Gasteiger charge is 2.12. The maximum absolute atomic E-state index is 5.87. The minimum Gasteiger partial charge on any atom is -0.368 e. The van der Waals surface area contributed by atoms with Crippen LogP contribution in [0.2, 0.25) is 0 Å². The van der Waals surface area contributed by atoms with Crippen molar-refractivity contribution in [3.8, 4) is 0 Å². The minimum absolute atomic E-state index is 0.0828. The molecular formula is C13H21BrN2. The van der Waals surface area contributed by atoms with Crippen molar-refractivity contribution in [3.05, 3.63) is 28.2 Å². The molecule has 0 aliphatic heterocycles. The predicted octanol–water partition coefficient (Wildman–Crippen LogP) is 3.70. The Kier molecular flexibility index (Phi) is 4.81. The van der Waals surface area contributed by atoms with Gasteiger partial charge >= 0.3 is 0 Å². The number of rotatable bonds is 4. The van der Waals surface area contributed by atoms with Crippen LogP contribution in [0.25, 0.3) is 0 Å². The summed E-state index contributed by atoms with van der Waals surface area (Å²) in [4.78, 5) is 2.36. The molecular weight excluding hydrogens is 264 g/mol. The van der Waals surface area contributed by atoms with Gasteiger partial charge in [0, 0.05) is 23.1 Å². The number of anilines is 1. The highest BCUT2D eigenvalue weighted by atomic mass is 79.9. The highest BCUT2D eigenvalue weighted by molar-refractivity contribution is 9.10. The zero-order valence-corrected chi connectivity index (χ0v) is 12.1. The summed E-state index contributed by atoms with van der Waals surface area (Å²) < 4.78 is 1.12. The molecule has 0 fully saturated rings. The minimum atomic E-state index is 0.0828. The van der Waals surface area contributed by atoms with Gasteiger partial charge in [-0.15, -0.1) is 0 Å². The Bertz CT molecular complexity index is 348. The molecule has 2 N–H and O–H groups in total. The third kappa shape index (κ3) is 2.98. The molecule has 0 unspecified atom stereocenters. The average Bonchev–Trinajstić information content (AvgIpc) is 2.20. The van der Waals surface area contributed by atoms with Gasteiger partial charge in [0.15, 0.2) is 0 Å². The van der Waals surface area contributed by atoms with Crippen LogP contribution in [-0.4, -0.2) is 12.6 Å². The maximum atomic E-state index is 5.87. The number of nitrogens with two attached hydrogens (primary N) is 1. The van der Waals surface area contributed by atoms with E-state index in [4.69, 9.17) is 5.73 Å². The van der Waals surface area contributed by atoms with Crippen LogP contribution in [0, 0.1) is 0 Å². The SMILES string of the molecule is CCN(c1ccc([C@@H](C)N)cc1Br)C(C)C. The van der Waals surface area contributed by atoms with Gasteiger partial charge in [-0.3, -0.25) is 0 Å². The molecule has 90 valence electrons. The Morgan fingerprint density at radius 3 is 2.31 bits per heavy atom. The Labute approximate surface area is 107 Å².